The number of methoxy groups -OCH3 is 1. The van der Waals surface area contributed by atoms with Crippen molar-refractivity contribution in [1.82, 2.24) is 9.78 Å². The third-order valence-corrected chi connectivity index (χ3v) is 4.06. The van der Waals surface area contributed by atoms with Gasteiger partial charge in [0.1, 0.15) is 5.41 Å². The molecular weight excluding hydrogens is 324 g/mol. The van der Waals surface area contributed by atoms with E-state index < -0.39 is 28.7 Å². The van der Waals surface area contributed by atoms with E-state index in [4.69, 9.17) is 9.47 Å². The molecule has 1 aromatic rings. The lowest BCUT2D eigenvalue weighted by Gasteiger charge is -2.26. The van der Waals surface area contributed by atoms with Crippen LogP contribution in [0.4, 0.5) is 0 Å². The van der Waals surface area contributed by atoms with E-state index in [1.54, 1.807) is 27.0 Å². The van der Waals surface area contributed by atoms with Crippen LogP contribution in [-0.4, -0.2) is 35.4 Å². The minimum absolute atomic E-state index is 0.126. The molecule has 0 aliphatic heterocycles. The number of carbonyl (C=O) groups excluding carboxylic acids is 2. The summed E-state index contributed by atoms with van der Waals surface area (Å²) in [7, 11) is 1.31. The highest BCUT2D eigenvalue weighted by Gasteiger charge is 2.46. The van der Waals surface area contributed by atoms with E-state index in [0.717, 1.165) is 0 Å². The van der Waals surface area contributed by atoms with Gasteiger partial charge in [0.2, 0.25) is 0 Å². The minimum Gasteiger partial charge on any atom is -0.469 e. The molecule has 1 unspecified atom stereocenters. The number of carbonyl (C=O) groups is 2. The van der Waals surface area contributed by atoms with Crippen molar-refractivity contribution in [3.8, 4) is 12.1 Å². The normalized spacial score (nSPS) is 13.4. The summed E-state index contributed by atoms with van der Waals surface area (Å²) < 4.78 is 11.3. The van der Waals surface area contributed by atoms with Gasteiger partial charge in [0.15, 0.2) is 5.92 Å². The molecule has 1 aromatic heterocycles. The maximum absolute atomic E-state index is 12.4. The molecular formula is C17H22N4O4. The fourth-order valence-corrected chi connectivity index (χ4v) is 2.43. The predicted octanol–water partition coefficient (Wildman–Crippen LogP) is 1.57. The van der Waals surface area contributed by atoms with E-state index in [1.165, 1.54) is 24.9 Å². The van der Waals surface area contributed by atoms with Crippen molar-refractivity contribution < 1.29 is 19.1 Å². The van der Waals surface area contributed by atoms with Crippen molar-refractivity contribution in [3.63, 3.8) is 0 Å². The maximum Gasteiger partial charge on any atom is 0.318 e. The van der Waals surface area contributed by atoms with E-state index in [2.05, 4.69) is 5.10 Å². The van der Waals surface area contributed by atoms with Crippen LogP contribution in [0.25, 0.3) is 0 Å². The van der Waals surface area contributed by atoms with Gasteiger partial charge in [-0.2, -0.15) is 15.6 Å². The van der Waals surface area contributed by atoms with Crippen LogP contribution in [0.15, 0.2) is 12.4 Å². The fraction of sp³-hybridized carbons (Fsp3) is 0.588. The van der Waals surface area contributed by atoms with E-state index in [9.17, 15) is 20.1 Å². The molecule has 134 valence electrons. The molecule has 0 fully saturated rings. The smallest absolute Gasteiger partial charge is 0.318 e. The minimum atomic E-state index is -1.48. The van der Waals surface area contributed by atoms with Gasteiger partial charge in [0, 0.05) is 11.8 Å². The molecule has 8 nitrogen and oxygen atoms in total. The summed E-state index contributed by atoms with van der Waals surface area (Å²) in [5.41, 5.74) is -1.94. The second-order valence-corrected chi connectivity index (χ2v) is 6.42. The van der Waals surface area contributed by atoms with E-state index in [0.29, 0.717) is 5.56 Å². The lowest BCUT2D eigenvalue weighted by atomic mass is 9.74. The van der Waals surface area contributed by atoms with E-state index in [-0.39, 0.29) is 13.2 Å². The summed E-state index contributed by atoms with van der Waals surface area (Å²) in [4.78, 5) is 24.3. The zero-order chi connectivity index (χ0) is 19.3. The van der Waals surface area contributed by atoms with E-state index in [1.807, 2.05) is 12.1 Å². The van der Waals surface area contributed by atoms with E-state index >= 15 is 0 Å². The van der Waals surface area contributed by atoms with Crippen LogP contribution in [0.2, 0.25) is 0 Å². The molecule has 0 aliphatic carbocycles. The Morgan fingerprint density at radius 2 is 1.88 bits per heavy atom. The Labute approximate surface area is 146 Å². The Morgan fingerprint density at radius 1 is 1.28 bits per heavy atom. The molecule has 8 heteroatoms. The van der Waals surface area contributed by atoms with Crippen molar-refractivity contribution in [2.45, 2.75) is 39.7 Å². The second-order valence-electron chi connectivity index (χ2n) is 6.42. The number of rotatable bonds is 7. The summed E-state index contributed by atoms with van der Waals surface area (Å²) >= 11 is 0. The van der Waals surface area contributed by atoms with Gasteiger partial charge in [-0.15, -0.1) is 0 Å². The van der Waals surface area contributed by atoms with Crippen molar-refractivity contribution in [3.05, 3.63) is 18.0 Å². The Hall–Kier alpha value is -2.87. The predicted molar refractivity (Wildman–Crippen MR) is 86.7 cm³/mol. The second kappa shape index (κ2) is 7.80. The zero-order valence-electron chi connectivity index (χ0n) is 15.1. The highest BCUT2D eigenvalue weighted by Crippen LogP contribution is 2.33. The highest BCUT2D eigenvalue weighted by atomic mass is 16.5. The Kier molecular flexibility index (Phi) is 6.30. The summed E-state index contributed by atoms with van der Waals surface area (Å²) in [5.74, 6) is -2.31. The first-order valence-corrected chi connectivity index (χ1v) is 7.75. The van der Waals surface area contributed by atoms with Crippen LogP contribution < -0.4 is 0 Å². The molecule has 1 rings (SSSR count). The van der Waals surface area contributed by atoms with Crippen LogP contribution in [0.5, 0.6) is 0 Å². The monoisotopic (exact) mass is 346 g/mol. The van der Waals surface area contributed by atoms with Crippen LogP contribution in [0.1, 0.15) is 33.3 Å². The highest BCUT2D eigenvalue weighted by molar-refractivity contribution is 5.84. The molecule has 0 amide bonds. The van der Waals surface area contributed by atoms with Gasteiger partial charge in [-0.3, -0.25) is 14.3 Å². The third-order valence-electron chi connectivity index (χ3n) is 4.06. The van der Waals surface area contributed by atoms with Gasteiger partial charge in [-0.1, -0.05) is 0 Å². The van der Waals surface area contributed by atoms with Crippen LogP contribution >= 0.6 is 0 Å². The summed E-state index contributed by atoms with van der Waals surface area (Å²) in [6.07, 6.45) is 2.95. The van der Waals surface area contributed by atoms with Gasteiger partial charge in [-0.25, -0.2) is 0 Å². The topological polar surface area (TPSA) is 118 Å². The number of nitrogens with zero attached hydrogens (tertiary/aromatic N) is 4. The van der Waals surface area contributed by atoms with Gasteiger partial charge < -0.3 is 9.47 Å². The average molecular weight is 346 g/mol. The Balaban J connectivity index is 3.26. The molecule has 0 aliphatic rings. The summed E-state index contributed by atoms with van der Waals surface area (Å²) in [6, 6.07) is 3.68. The molecule has 0 saturated heterocycles. The van der Waals surface area contributed by atoms with Crippen molar-refractivity contribution >= 4 is 11.9 Å². The number of hydrogen-bond acceptors (Lipinski definition) is 7. The fourth-order valence-electron chi connectivity index (χ4n) is 2.43. The van der Waals surface area contributed by atoms with Gasteiger partial charge >= 0.3 is 11.9 Å². The quantitative estimate of drug-likeness (QED) is 0.687. The summed E-state index contributed by atoms with van der Waals surface area (Å²) in [6.45, 7) is 6.88. The zero-order valence-corrected chi connectivity index (χ0v) is 15.1. The lowest BCUT2D eigenvalue weighted by molar-refractivity contribution is -0.152. The average Bonchev–Trinajstić information content (AvgIpc) is 3.03. The SMILES string of the molecule is CCOC(=O)C(C)(c1cnn(CC(C)(C)C(=O)OC)c1)C(C#N)C#N. The largest absolute Gasteiger partial charge is 0.469 e. The Bertz CT molecular complexity index is 712. The number of hydrogen-bond donors (Lipinski definition) is 0. The van der Waals surface area contributed by atoms with Crippen molar-refractivity contribution in [2.75, 3.05) is 13.7 Å². The molecule has 0 spiro atoms. The molecule has 1 atom stereocenters. The first-order valence-electron chi connectivity index (χ1n) is 7.75. The molecule has 0 saturated carbocycles. The standard InChI is InChI=1S/C17H22N4O4/c1-6-25-15(23)17(4,12(7-18)8-19)13-9-20-21(10-13)11-16(2,3)14(22)24-5/h9-10,12H,6,11H2,1-5H3. The number of nitriles is 2. The number of ether oxygens (including phenoxy) is 2. The molecule has 0 N–H and O–H groups in total. The lowest BCUT2D eigenvalue weighted by Crippen LogP contribution is -2.40. The molecule has 0 bridgehead atoms. The number of esters is 2. The van der Waals surface area contributed by atoms with Crippen LogP contribution in [-0.2, 0) is 31.0 Å². The first kappa shape index (κ1) is 20.2. The summed E-state index contributed by atoms with van der Waals surface area (Å²) in [5, 5.41) is 22.7. The van der Waals surface area contributed by atoms with Crippen molar-refractivity contribution in [1.29, 1.82) is 10.5 Å². The van der Waals surface area contributed by atoms with Gasteiger partial charge in [0.25, 0.3) is 0 Å². The third kappa shape index (κ3) is 3.97. The van der Waals surface area contributed by atoms with Crippen LogP contribution in [0.3, 0.4) is 0 Å². The van der Waals surface area contributed by atoms with Gasteiger partial charge in [0.05, 0.1) is 44.0 Å². The van der Waals surface area contributed by atoms with Crippen LogP contribution in [0, 0.1) is 34.0 Å². The Morgan fingerprint density at radius 3 is 2.36 bits per heavy atom. The van der Waals surface area contributed by atoms with Crippen molar-refractivity contribution in [2.24, 2.45) is 11.3 Å². The first-order chi connectivity index (χ1) is 11.7. The van der Waals surface area contributed by atoms with Gasteiger partial charge in [-0.05, 0) is 27.7 Å². The molecule has 1 heterocycles. The molecule has 25 heavy (non-hydrogen) atoms. The molecule has 0 radical (unpaired) electrons. The maximum atomic E-state index is 12.4. The molecule has 0 aromatic carbocycles. The number of aromatic nitrogens is 2.